The number of allylic oxidation sites excluding steroid dienone is 1. The van der Waals surface area contributed by atoms with Crippen LogP contribution in [0.1, 0.15) is 30.9 Å². The number of hydrogen-bond acceptors (Lipinski definition) is 3. The third-order valence-electron chi connectivity index (χ3n) is 4.44. The number of benzene rings is 1. The lowest BCUT2D eigenvalue weighted by Crippen LogP contribution is -2.48. The predicted octanol–water partition coefficient (Wildman–Crippen LogP) is 2.42. The van der Waals surface area contributed by atoms with Gasteiger partial charge in [-0.25, -0.2) is 4.39 Å². The molecule has 5 heteroatoms. The number of nitrogens with zero attached hydrogens (tertiary/aromatic N) is 1. The number of morpholine rings is 1. The van der Waals surface area contributed by atoms with E-state index >= 15 is 0 Å². The summed E-state index contributed by atoms with van der Waals surface area (Å²) in [7, 11) is 0. The minimum Gasteiger partial charge on any atom is -0.379 e. The molecule has 1 heterocycles. The van der Waals surface area contributed by atoms with Crippen molar-refractivity contribution >= 4 is 5.91 Å². The van der Waals surface area contributed by atoms with Crippen LogP contribution in [0.15, 0.2) is 36.4 Å². The first-order valence-corrected chi connectivity index (χ1v) is 8.26. The van der Waals surface area contributed by atoms with E-state index in [0.717, 1.165) is 19.3 Å². The van der Waals surface area contributed by atoms with Crippen molar-refractivity contribution < 1.29 is 13.9 Å². The first-order chi connectivity index (χ1) is 11.2. The molecule has 1 aliphatic heterocycles. The Morgan fingerprint density at radius 2 is 2.13 bits per heavy atom. The number of carbonyl (C=O) groups excluding carboxylic acids is 1. The van der Waals surface area contributed by atoms with E-state index in [1.54, 1.807) is 6.07 Å². The van der Waals surface area contributed by atoms with E-state index in [4.69, 9.17) is 4.74 Å². The SMILES string of the molecule is O=C(N[C@H]1CC=CCC1)[C@@H](c1cccc(F)c1)N1CCOCC1. The highest BCUT2D eigenvalue weighted by Crippen LogP contribution is 2.24. The summed E-state index contributed by atoms with van der Waals surface area (Å²) in [5.41, 5.74) is 0.704. The van der Waals surface area contributed by atoms with Gasteiger partial charge in [-0.2, -0.15) is 0 Å². The zero-order valence-electron chi connectivity index (χ0n) is 13.2. The van der Waals surface area contributed by atoms with Crippen LogP contribution in [-0.2, 0) is 9.53 Å². The highest BCUT2D eigenvalue weighted by Gasteiger charge is 2.30. The third kappa shape index (κ3) is 4.18. The summed E-state index contributed by atoms with van der Waals surface area (Å²) in [6, 6.07) is 6.06. The largest absolute Gasteiger partial charge is 0.379 e. The number of hydrogen-bond donors (Lipinski definition) is 1. The Morgan fingerprint density at radius 1 is 1.30 bits per heavy atom. The van der Waals surface area contributed by atoms with Crippen molar-refractivity contribution in [1.29, 1.82) is 0 Å². The third-order valence-corrected chi connectivity index (χ3v) is 4.44. The number of halogens is 1. The van der Waals surface area contributed by atoms with Crippen molar-refractivity contribution in [2.75, 3.05) is 26.3 Å². The Labute approximate surface area is 136 Å². The van der Waals surface area contributed by atoms with E-state index in [1.807, 2.05) is 6.07 Å². The van der Waals surface area contributed by atoms with E-state index in [0.29, 0.717) is 31.9 Å². The molecule has 23 heavy (non-hydrogen) atoms. The summed E-state index contributed by atoms with van der Waals surface area (Å²) >= 11 is 0. The second kappa shape index (κ2) is 7.70. The van der Waals surface area contributed by atoms with Gasteiger partial charge in [0.25, 0.3) is 0 Å². The van der Waals surface area contributed by atoms with Crippen LogP contribution in [0.25, 0.3) is 0 Å². The molecule has 1 aliphatic carbocycles. The molecule has 124 valence electrons. The minimum atomic E-state index is -0.458. The molecule has 2 atom stereocenters. The number of rotatable bonds is 4. The fourth-order valence-corrected chi connectivity index (χ4v) is 3.25. The molecule has 4 nitrogen and oxygen atoms in total. The number of amides is 1. The molecule has 0 radical (unpaired) electrons. The molecule has 2 aliphatic rings. The van der Waals surface area contributed by atoms with Gasteiger partial charge in [-0.05, 0) is 37.0 Å². The van der Waals surface area contributed by atoms with Crippen molar-refractivity contribution in [3.05, 3.63) is 47.8 Å². The number of ether oxygens (including phenoxy) is 1. The van der Waals surface area contributed by atoms with Gasteiger partial charge in [0.1, 0.15) is 11.9 Å². The molecule has 1 saturated heterocycles. The van der Waals surface area contributed by atoms with Crippen molar-refractivity contribution in [3.8, 4) is 0 Å². The van der Waals surface area contributed by atoms with Crippen LogP contribution in [0.2, 0.25) is 0 Å². The topological polar surface area (TPSA) is 41.6 Å². The molecular formula is C18H23FN2O2. The van der Waals surface area contributed by atoms with Crippen LogP contribution in [0.4, 0.5) is 4.39 Å². The molecule has 0 bridgehead atoms. The highest BCUT2D eigenvalue weighted by atomic mass is 19.1. The molecule has 0 aromatic heterocycles. The van der Waals surface area contributed by atoms with E-state index in [9.17, 15) is 9.18 Å². The van der Waals surface area contributed by atoms with Gasteiger partial charge < -0.3 is 10.1 Å². The molecule has 1 aromatic rings. The van der Waals surface area contributed by atoms with Gasteiger partial charge in [-0.15, -0.1) is 0 Å². The lowest BCUT2D eigenvalue weighted by Gasteiger charge is -2.35. The van der Waals surface area contributed by atoms with Crippen molar-refractivity contribution in [2.24, 2.45) is 0 Å². The van der Waals surface area contributed by atoms with Crippen LogP contribution in [0.3, 0.4) is 0 Å². The normalized spacial score (nSPS) is 23.4. The van der Waals surface area contributed by atoms with E-state index in [1.165, 1.54) is 12.1 Å². The number of carbonyl (C=O) groups is 1. The zero-order chi connectivity index (χ0) is 16.1. The lowest BCUT2D eigenvalue weighted by molar-refractivity contribution is -0.129. The van der Waals surface area contributed by atoms with E-state index in [2.05, 4.69) is 22.4 Å². The zero-order valence-corrected chi connectivity index (χ0v) is 13.2. The maximum atomic E-state index is 13.6. The summed E-state index contributed by atoms with van der Waals surface area (Å²) in [5.74, 6) is -0.355. The predicted molar refractivity (Wildman–Crippen MR) is 86.5 cm³/mol. The number of nitrogens with one attached hydrogen (secondary N) is 1. The second-order valence-electron chi connectivity index (χ2n) is 6.10. The standard InChI is InChI=1S/C18H23FN2O2/c19-15-6-4-5-14(13-15)17(21-9-11-23-12-10-21)18(22)20-16-7-2-1-3-8-16/h1-2,4-6,13,16-17H,3,7-12H2,(H,20,22)/t16-,17+/m0/s1. The molecule has 1 N–H and O–H groups in total. The molecule has 3 rings (SSSR count). The van der Waals surface area contributed by atoms with Crippen molar-refractivity contribution in [1.82, 2.24) is 10.2 Å². The van der Waals surface area contributed by atoms with Crippen LogP contribution in [0.5, 0.6) is 0 Å². The molecule has 1 amide bonds. The maximum absolute atomic E-state index is 13.6. The van der Waals surface area contributed by atoms with Crippen molar-refractivity contribution in [3.63, 3.8) is 0 Å². The molecular weight excluding hydrogens is 295 g/mol. The summed E-state index contributed by atoms with van der Waals surface area (Å²) < 4.78 is 19.0. The minimum absolute atomic E-state index is 0.0437. The Morgan fingerprint density at radius 3 is 2.83 bits per heavy atom. The Hall–Kier alpha value is -1.72. The summed E-state index contributed by atoms with van der Waals surface area (Å²) in [6.45, 7) is 2.56. The van der Waals surface area contributed by atoms with Gasteiger partial charge in [0.05, 0.1) is 13.2 Å². The quantitative estimate of drug-likeness (QED) is 0.867. The molecule has 1 aromatic carbocycles. The van der Waals surface area contributed by atoms with Gasteiger partial charge >= 0.3 is 0 Å². The highest BCUT2D eigenvalue weighted by molar-refractivity contribution is 5.83. The van der Waals surface area contributed by atoms with Crippen LogP contribution in [-0.4, -0.2) is 43.2 Å². The average Bonchev–Trinajstić information content (AvgIpc) is 2.57. The van der Waals surface area contributed by atoms with Gasteiger partial charge in [-0.3, -0.25) is 9.69 Å². The molecule has 0 spiro atoms. The fourth-order valence-electron chi connectivity index (χ4n) is 3.25. The Kier molecular flexibility index (Phi) is 5.41. The Bertz CT molecular complexity index is 570. The second-order valence-corrected chi connectivity index (χ2v) is 6.10. The fraction of sp³-hybridized carbons (Fsp3) is 0.500. The van der Waals surface area contributed by atoms with Gasteiger partial charge in [0.15, 0.2) is 0 Å². The average molecular weight is 318 g/mol. The summed E-state index contributed by atoms with van der Waals surface area (Å²) in [4.78, 5) is 15.0. The van der Waals surface area contributed by atoms with Crippen LogP contribution >= 0.6 is 0 Å². The molecule has 0 unspecified atom stereocenters. The lowest BCUT2D eigenvalue weighted by atomic mass is 9.99. The van der Waals surface area contributed by atoms with Gasteiger partial charge in [0, 0.05) is 19.1 Å². The Balaban J connectivity index is 1.78. The first kappa shape index (κ1) is 16.1. The first-order valence-electron chi connectivity index (χ1n) is 8.26. The summed E-state index contributed by atoms with van der Waals surface area (Å²) in [6.07, 6.45) is 7.08. The van der Waals surface area contributed by atoms with Gasteiger partial charge in [-0.1, -0.05) is 24.3 Å². The van der Waals surface area contributed by atoms with Crippen LogP contribution < -0.4 is 5.32 Å². The summed E-state index contributed by atoms with van der Waals surface area (Å²) in [5, 5.41) is 3.14. The van der Waals surface area contributed by atoms with Crippen molar-refractivity contribution in [2.45, 2.75) is 31.3 Å². The maximum Gasteiger partial charge on any atom is 0.242 e. The van der Waals surface area contributed by atoms with Crippen LogP contribution in [0, 0.1) is 5.82 Å². The van der Waals surface area contributed by atoms with E-state index in [-0.39, 0.29) is 17.8 Å². The van der Waals surface area contributed by atoms with Gasteiger partial charge in [0.2, 0.25) is 5.91 Å². The molecule has 1 fully saturated rings. The monoisotopic (exact) mass is 318 g/mol. The smallest absolute Gasteiger partial charge is 0.242 e. The van der Waals surface area contributed by atoms with E-state index < -0.39 is 6.04 Å². The molecule has 0 saturated carbocycles.